The van der Waals surface area contributed by atoms with Crippen LogP contribution < -0.4 is 0 Å². The molecule has 0 aliphatic heterocycles. The van der Waals surface area contributed by atoms with Crippen LogP contribution in [0.2, 0.25) is 0 Å². The first-order valence-electron chi connectivity index (χ1n) is 6.38. The highest BCUT2D eigenvalue weighted by atomic mass is 16.4. The van der Waals surface area contributed by atoms with E-state index < -0.39 is 0 Å². The van der Waals surface area contributed by atoms with E-state index in [-0.39, 0.29) is 0 Å². The van der Waals surface area contributed by atoms with Gasteiger partial charge in [0.05, 0.1) is 0 Å². The predicted octanol–water partition coefficient (Wildman–Crippen LogP) is 4.43. The fourth-order valence-corrected chi connectivity index (χ4v) is 1.62. The first kappa shape index (κ1) is 13.0. The third-order valence-corrected chi connectivity index (χ3v) is 2.47. The zero-order valence-corrected chi connectivity index (χ0v) is 11.1. The minimum atomic E-state index is 0.546. The second kappa shape index (κ2) is 6.50. The highest BCUT2D eigenvalue weighted by Crippen LogP contribution is 2.22. The zero-order valence-electron chi connectivity index (χ0n) is 11.1. The first-order valence-corrected chi connectivity index (χ1v) is 6.38. The normalized spacial score (nSPS) is 9.58. The SMILES string of the molecule is CC.c1ccc(-c2nnc(-c3ccccc3)o2)cc1. The van der Waals surface area contributed by atoms with Crippen LogP contribution in [0, 0.1) is 0 Å². The average molecular weight is 252 g/mol. The van der Waals surface area contributed by atoms with Crippen molar-refractivity contribution >= 4 is 0 Å². The molecule has 0 N–H and O–H groups in total. The molecule has 1 aromatic heterocycles. The molecule has 0 amide bonds. The van der Waals surface area contributed by atoms with Crippen LogP contribution in [-0.2, 0) is 0 Å². The molecule has 0 atom stereocenters. The lowest BCUT2D eigenvalue weighted by Gasteiger charge is -1.93. The molecule has 3 nitrogen and oxygen atoms in total. The Morgan fingerprint density at radius 3 is 1.37 bits per heavy atom. The average Bonchev–Trinajstić information content (AvgIpc) is 3.01. The van der Waals surface area contributed by atoms with E-state index in [1.165, 1.54) is 0 Å². The van der Waals surface area contributed by atoms with Gasteiger partial charge in [0.1, 0.15) is 0 Å². The van der Waals surface area contributed by atoms with E-state index in [4.69, 9.17) is 4.42 Å². The third kappa shape index (κ3) is 3.07. The van der Waals surface area contributed by atoms with Crippen molar-refractivity contribution in [2.75, 3.05) is 0 Å². The highest BCUT2D eigenvalue weighted by molar-refractivity contribution is 5.57. The standard InChI is InChI=1S/C14H10N2O.C2H6/c1-3-7-11(8-4-1)13-15-16-14(17-13)12-9-5-2-6-10-12;1-2/h1-10H;1-2H3. The monoisotopic (exact) mass is 252 g/mol. The predicted molar refractivity (Wildman–Crippen MR) is 76.5 cm³/mol. The Hall–Kier alpha value is -2.42. The largest absolute Gasteiger partial charge is 0.416 e. The van der Waals surface area contributed by atoms with Gasteiger partial charge in [-0.25, -0.2) is 0 Å². The number of aromatic nitrogens is 2. The van der Waals surface area contributed by atoms with Crippen molar-refractivity contribution in [1.82, 2.24) is 10.2 Å². The van der Waals surface area contributed by atoms with Crippen LogP contribution >= 0.6 is 0 Å². The molecular formula is C16H16N2O. The van der Waals surface area contributed by atoms with E-state index >= 15 is 0 Å². The van der Waals surface area contributed by atoms with E-state index in [2.05, 4.69) is 10.2 Å². The summed E-state index contributed by atoms with van der Waals surface area (Å²) in [6.45, 7) is 4.00. The van der Waals surface area contributed by atoms with Gasteiger partial charge in [-0.2, -0.15) is 0 Å². The quantitative estimate of drug-likeness (QED) is 0.677. The Bertz CT molecular complexity index is 549. The molecule has 0 bridgehead atoms. The number of rotatable bonds is 2. The third-order valence-electron chi connectivity index (χ3n) is 2.47. The smallest absolute Gasteiger partial charge is 0.248 e. The maximum Gasteiger partial charge on any atom is 0.248 e. The van der Waals surface area contributed by atoms with Gasteiger partial charge in [0, 0.05) is 11.1 Å². The summed E-state index contributed by atoms with van der Waals surface area (Å²) >= 11 is 0. The minimum Gasteiger partial charge on any atom is -0.416 e. The fraction of sp³-hybridized carbons (Fsp3) is 0.125. The van der Waals surface area contributed by atoms with Gasteiger partial charge in [-0.15, -0.1) is 10.2 Å². The lowest BCUT2D eigenvalue weighted by atomic mass is 10.2. The Kier molecular flexibility index (Phi) is 4.45. The van der Waals surface area contributed by atoms with Crippen molar-refractivity contribution in [3.05, 3.63) is 60.7 Å². The number of hydrogen-bond acceptors (Lipinski definition) is 3. The van der Waals surface area contributed by atoms with Crippen molar-refractivity contribution in [2.24, 2.45) is 0 Å². The summed E-state index contributed by atoms with van der Waals surface area (Å²) < 4.78 is 5.63. The van der Waals surface area contributed by atoms with Gasteiger partial charge in [0.2, 0.25) is 11.8 Å². The molecule has 0 saturated heterocycles. The first-order chi connectivity index (χ1) is 9.43. The number of hydrogen-bond donors (Lipinski definition) is 0. The zero-order chi connectivity index (χ0) is 13.5. The van der Waals surface area contributed by atoms with Crippen molar-refractivity contribution in [2.45, 2.75) is 13.8 Å². The molecule has 3 heteroatoms. The molecule has 0 spiro atoms. The molecule has 2 aromatic carbocycles. The van der Waals surface area contributed by atoms with Crippen molar-refractivity contribution in [1.29, 1.82) is 0 Å². The second-order valence-electron chi connectivity index (χ2n) is 3.64. The molecule has 0 saturated carbocycles. The van der Waals surface area contributed by atoms with Gasteiger partial charge in [-0.05, 0) is 24.3 Å². The molecule has 0 fully saturated rings. The van der Waals surface area contributed by atoms with E-state index in [9.17, 15) is 0 Å². The number of nitrogens with zero attached hydrogens (tertiary/aromatic N) is 2. The van der Waals surface area contributed by atoms with E-state index in [1.54, 1.807) is 0 Å². The summed E-state index contributed by atoms with van der Waals surface area (Å²) in [7, 11) is 0. The van der Waals surface area contributed by atoms with Crippen LogP contribution in [0.25, 0.3) is 22.9 Å². The van der Waals surface area contributed by atoms with Crippen LogP contribution in [-0.4, -0.2) is 10.2 Å². The summed E-state index contributed by atoms with van der Waals surface area (Å²) in [6.07, 6.45) is 0. The summed E-state index contributed by atoms with van der Waals surface area (Å²) in [5, 5.41) is 8.09. The Morgan fingerprint density at radius 1 is 0.632 bits per heavy atom. The van der Waals surface area contributed by atoms with Crippen molar-refractivity contribution in [3.63, 3.8) is 0 Å². The molecule has 19 heavy (non-hydrogen) atoms. The van der Waals surface area contributed by atoms with Gasteiger partial charge in [0.15, 0.2) is 0 Å². The van der Waals surface area contributed by atoms with Crippen molar-refractivity contribution < 1.29 is 4.42 Å². The summed E-state index contributed by atoms with van der Waals surface area (Å²) in [5.41, 5.74) is 1.87. The molecule has 3 aromatic rings. The Balaban J connectivity index is 0.000000637. The maximum atomic E-state index is 5.63. The fourth-order valence-electron chi connectivity index (χ4n) is 1.62. The molecule has 0 unspecified atom stereocenters. The van der Waals surface area contributed by atoms with Crippen LogP contribution in [0.3, 0.4) is 0 Å². The van der Waals surface area contributed by atoms with Crippen molar-refractivity contribution in [3.8, 4) is 22.9 Å². The van der Waals surface area contributed by atoms with E-state index in [0.29, 0.717) is 11.8 Å². The summed E-state index contributed by atoms with van der Waals surface area (Å²) in [6, 6.07) is 19.5. The van der Waals surface area contributed by atoms with Crippen LogP contribution in [0.5, 0.6) is 0 Å². The van der Waals surface area contributed by atoms with Gasteiger partial charge >= 0.3 is 0 Å². The van der Waals surface area contributed by atoms with Crippen LogP contribution in [0.15, 0.2) is 65.1 Å². The highest BCUT2D eigenvalue weighted by Gasteiger charge is 2.08. The molecule has 0 radical (unpaired) electrons. The van der Waals surface area contributed by atoms with E-state index in [0.717, 1.165) is 11.1 Å². The van der Waals surface area contributed by atoms with E-state index in [1.807, 2.05) is 74.5 Å². The lowest BCUT2D eigenvalue weighted by molar-refractivity contribution is 0.584. The topological polar surface area (TPSA) is 38.9 Å². The summed E-state index contributed by atoms with van der Waals surface area (Å²) in [5.74, 6) is 1.09. The van der Waals surface area contributed by atoms with Gasteiger partial charge in [0.25, 0.3) is 0 Å². The Labute approximate surface area is 112 Å². The Morgan fingerprint density at radius 2 is 1.00 bits per heavy atom. The molecular weight excluding hydrogens is 236 g/mol. The minimum absolute atomic E-state index is 0.546. The maximum absolute atomic E-state index is 5.63. The second-order valence-corrected chi connectivity index (χ2v) is 3.64. The summed E-state index contributed by atoms with van der Waals surface area (Å²) in [4.78, 5) is 0. The molecule has 0 aliphatic rings. The van der Waals surface area contributed by atoms with Gasteiger partial charge in [-0.1, -0.05) is 50.2 Å². The van der Waals surface area contributed by atoms with Gasteiger partial charge in [-0.3, -0.25) is 0 Å². The molecule has 3 rings (SSSR count). The number of benzene rings is 2. The van der Waals surface area contributed by atoms with Gasteiger partial charge < -0.3 is 4.42 Å². The molecule has 96 valence electrons. The lowest BCUT2D eigenvalue weighted by Crippen LogP contribution is -1.76. The van der Waals surface area contributed by atoms with Crippen LogP contribution in [0.4, 0.5) is 0 Å². The van der Waals surface area contributed by atoms with Crippen LogP contribution in [0.1, 0.15) is 13.8 Å². The molecule has 0 aliphatic carbocycles. The molecule has 1 heterocycles.